The molecule has 1 fully saturated rings. The Morgan fingerprint density at radius 3 is 2.22 bits per heavy atom. The van der Waals surface area contributed by atoms with Crippen molar-refractivity contribution in [1.29, 1.82) is 0 Å². The lowest BCUT2D eigenvalue weighted by Gasteiger charge is -2.22. The smallest absolute Gasteiger partial charge is 0.180 e. The van der Waals surface area contributed by atoms with Crippen LogP contribution in [0.15, 0.2) is 48.8 Å². The van der Waals surface area contributed by atoms with E-state index in [4.69, 9.17) is 0 Å². The maximum Gasteiger partial charge on any atom is 0.180 e. The van der Waals surface area contributed by atoms with Gasteiger partial charge < -0.3 is 0 Å². The Hall–Kier alpha value is -1.00. The van der Waals surface area contributed by atoms with Crippen molar-refractivity contribution < 1.29 is 4.79 Å². The highest BCUT2D eigenvalue weighted by atomic mass is 79.9. The highest BCUT2D eigenvalue weighted by Crippen LogP contribution is 2.33. The first-order valence-electron chi connectivity index (χ1n) is 7.94. The molecule has 1 aromatic heterocycles. The fourth-order valence-corrected chi connectivity index (χ4v) is 3.76. The molecule has 2 aromatic rings. The normalized spacial score (nSPS) is 16.4. The molecule has 1 saturated carbocycles. The summed E-state index contributed by atoms with van der Waals surface area (Å²) in [6.45, 7) is 0. The summed E-state index contributed by atoms with van der Waals surface area (Å²) in [6, 6.07) is 12.0. The van der Waals surface area contributed by atoms with Crippen molar-refractivity contribution in [3.05, 3.63) is 65.5 Å². The van der Waals surface area contributed by atoms with E-state index in [9.17, 15) is 4.79 Å². The van der Waals surface area contributed by atoms with Crippen LogP contribution in [0.25, 0.3) is 0 Å². The first kappa shape index (κ1) is 18.3. The van der Waals surface area contributed by atoms with Gasteiger partial charge in [0.1, 0.15) is 4.83 Å². The Balaban J connectivity index is 0.00000192. The molecule has 0 spiro atoms. The molecule has 0 radical (unpaired) electrons. The average Bonchev–Trinajstić information content (AvgIpc) is 2.62. The lowest BCUT2D eigenvalue weighted by molar-refractivity contribution is 0.0991. The largest absolute Gasteiger partial charge is 0.293 e. The minimum Gasteiger partial charge on any atom is -0.293 e. The van der Waals surface area contributed by atoms with Crippen LogP contribution in [-0.4, -0.2) is 10.8 Å². The highest BCUT2D eigenvalue weighted by molar-refractivity contribution is 9.09. The number of benzene rings is 1. The van der Waals surface area contributed by atoms with Crippen LogP contribution in [0.5, 0.6) is 0 Å². The summed E-state index contributed by atoms with van der Waals surface area (Å²) < 4.78 is 0. The molecule has 1 aromatic carbocycles. The van der Waals surface area contributed by atoms with Crippen molar-refractivity contribution in [2.24, 2.45) is 0 Å². The van der Waals surface area contributed by atoms with Crippen LogP contribution in [0.4, 0.5) is 0 Å². The van der Waals surface area contributed by atoms with Gasteiger partial charge in [0.25, 0.3) is 0 Å². The Kier molecular flexibility index (Phi) is 6.97. The van der Waals surface area contributed by atoms with Crippen molar-refractivity contribution in [2.45, 2.75) is 42.8 Å². The number of aromatic nitrogens is 1. The zero-order valence-electron chi connectivity index (χ0n) is 13.0. The predicted octanol–water partition coefficient (Wildman–Crippen LogP) is 6.03. The van der Waals surface area contributed by atoms with Gasteiger partial charge in [-0.05, 0) is 42.0 Å². The molecular formula is C19H21Br2NO. The molecule has 122 valence electrons. The van der Waals surface area contributed by atoms with Crippen molar-refractivity contribution in [3.8, 4) is 0 Å². The number of rotatable bonds is 4. The van der Waals surface area contributed by atoms with Crippen LogP contribution in [0, 0.1) is 0 Å². The summed E-state index contributed by atoms with van der Waals surface area (Å²) in [4.78, 5) is 16.2. The molecule has 1 aliphatic rings. The lowest BCUT2D eigenvalue weighted by atomic mass is 9.84. The van der Waals surface area contributed by atoms with Gasteiger partial charge in [0.05, 0.1) is 0 Å². The SMILES string of the molecule is Br.O=C(c1ccc(C2CCCCC2)cc1)C(Br)c1ccncc1. The second-order valence-corrected chi connectivity index (χ2v) is 6.88. The molecule has 0 aliphatic heterocycles. The minimum atomic E-state index is -0.309. The topological polar surface area (TPSA) is 30.0 Å². The van der Waals surface area contributed by atoms with Gasteiger partial charge in [-0.15, -0.1) is 17.0 Å². The average molecular weight is 439 g/mol. The number of nitrogens with zero attached hydrogens (tertiary/aromatic N) is 1. The summed E-state index contributed by atoms with van der Waals surface area (Å²) in [6.07, 6.45) is 10.0. The highest BCUT2D eigenvalue weighted by Gasteiger charge is 2.20. The van der Waals surface area contributed by atoms with E-state index in [0.29, 0.717) is 5.92 Å². The van der Waals surface area contributed by atoms with E-state index in [1.807, 2.05) is 24.3 Å². The number of Topliss-reactive ketones (excluding diaryl/α,β-unsaturated/α-hetero) is 1. The predicted molar refractivity (Wildman–Crippen MR) is 103 cm³/mol. The van der Waals surface area contributed by atoms with Crippen molar-refractivity contribution in [1.82, 2.24) is 4.98 Å². The van der Waals surface area contributed by atoms with Crippen LogP contribution in [0.3, 0.4) is 0 Å². The molecule has 4 heteroatoms. The van der Waals surface area contributed by atoms with Gasteiger partial charge in [-0.25, -0.2) is 0 Å². The van der Waals surface area contributed by atoms with Gasteiger partial charge in [-0.1, -0.05) is 59.5 Å². The summed E-state index contributed by atoms with van der Waals surface area (Å²) in [5.41, 5.74) is 3.08. The molecule has 1 atom stereocenters. The van der Waals surface area contributed by atoms with Crippen molar-refractivity contribution >= 4 is 38.7 Å². The molecule has 23 heavy (non-hydrogen) atoms. The molecule has 0 N–H and O–H groups in total. The van der Waals surface area contributed by atoms with E-state index in [0.717, 1.165) is 11.1 Å². The third-order valence-electron chi connectivity index (χ3n) is 4.50. The van der Waals surface area contributed by atoms with Crippen molar-refractivity contribution in [3.63, 3.8) is 0 Å². The van der Waals surface area contributed by atoms with Gasteiger partial charge in [0.15, 0.2) is 5.78 Å². The van der Waals surface area contributed by atoms with Gasteiger partial charge in [-0.3, -0.25) is 9.78 Å². The number of alkyl halides is 1. The molecule has 0 saturated heterocycles. The van der Waals surface area contributed by atoms with Crippen LogP contribution in [-0.2, 0) is 0 Å². The van der Waals surface area contributed by atoms with Crippen molar-refractivity contribution in [2.75, 3.05) is 0 Å². The summed E-state index contributed by atoms with van der Waals surface area (Å²) in [5.74, 6) is 0.777. The monoisotopic (exact) mass is 437 g/mol. The maximum atomic E-state index is 12.6. The number of ketones is 1. The Labute approximate surface area is 156 Å². The van der Waals surface area contributed by atoms with Crippen LogP contribution >= 0.6 is 32.9 Å². The summed E-state index contributed by atoms with van der Waals surface area (Å²) in [5, 5.41) is 0. The molecule has 0 amide bonds. The zero-order chi connectivity index (χ0) is 15.4. The molecule has 2 nitrogen and oxygen atoms in total. The molecule has 1 heterocycles. The summed E-state index contributed by atoms with van der Waals surface area (Å²) in [7, 11) is 0. The lowest BCUT2D eigenvalue weighted by Crippen LogP contribution is -2.08. The Bertz CT molecular complexity index is 622. The molecule has 3 rings (SSSR count). The summed E-state index contributed by atoms with van der Waals surface area (Å²) >= 11 is 3.51. The van der Waals surface area contributed by atoms with Gasteiger partial charge >= 0.3 is 0 Å². The van der Waals surface area contributed by atoms with Gasteiger partial charge in [0, 0.05) is 18.0 Å². The van der Waals surface area contributed by atoms with E-state index in [2.05, 4.69) is 33.0 Å². The number of hydrogen-bond acceptors (Lipinski definition) is 2. The first-order valence-corrected chi connectivity index (χ1v) is 8.85. The fraction of sp³-hybridized carbons (Fsp3) is 0.368. The number of halogens is 2. The number of hydrogen-bond donors (Lipinski definition) is 0. The minimum absolute atomic E-state index is 0. The molecule has 0 bridgehead atoms. The van der Waals surface area contributed by atoms with E-state index in [1.165, 1.54) is 37.7 Å². The Morgan fingerprint density at radius 2 is 1.61 bits per heavy atom. The quantitative estimate of drug-likeness (QED) is 0.431. The first-order chi connectivity index (χ1) is 10.8. The standard InChI is InChI=1S/C19H20BrNO.BrH/c20-18(16-10-12-21-13-11-16)19(22)17-8-6-15(7-9-17)14-4-2-1-3-5-14;/h6-14,18H,1-5H2;1H. The van der Waals surface area contributed by atoms with Gasteiger partial charge in [-0.2, -0.15) is 0 Å². The van der Waals surface area contributed by atoms with Crippen LogP contribution < -0.4 is 0 Å². The van der Waals surface area contributed by atoms with E-state index < -0.39 is 0 Å². The van der Waals surface area contributed by atoms with E-state index in [-0.39, 0.29) is 27.6 Å². The third kappa shape index (κ3) is 4.51. The molecule has 1 unspecified atom stereocenters. The van der Waals surface area contributed by atoms with E-state index >= 15 is 0 Å². The van der Waals surface area contributed by atoms with Crippen LogP contribution in [0.1, 0.15) is 64.3 Å². The Morgan fingerprint density at radius 1 is 1.00 bits per heavy atom. The second-order valence-electron chi connectivity index (χ2n) is 5.96. The number of pyridine rings is 1. The number of carbonyl (C=O) groups is 1. The molecular weight excluding hydrogens is 418 g/mol. The second kappa shape index (κ2) is 8.74. The molecule has 1 aliphatic carbocycles. The zero-order valence-corrected chi connectivity index (χ0v) is 16.2. The van der Waals surface area contributed by atoms with Gasteiger partial charge in [0.2, 0.25) is 0 Å². The van der Waals surface area contributed by atoms with E-state index in [1.54, 1.807) is 12.4 Å². The third-order valence-corrected chi connectivity index (χ3v) is 5.45. The maximum absolute atomic E-state index is 12.6. The fourth-order valence-electron chi connectivity index (χ4n) is 3.19. The van der Waals surface area contributed by atoms with Crippen LogP contribution in [0.2, 0.25) is 0 Å². The number of carbonyl (C=O) groups excluding carboxylic acids is 1.